The molecule has 0 aromatic heterocycles. The standard InChI is InChI=1S/C14H12/c1-10-6-7-14-12(8-10)9-11-4-2-3-5-13(11)14/h2-8H,9H2,1H3. The third kappa shape index (κ3) is 1.00. The predicted octanol–water partition coefficient (Wildman–Crippen LogP) is 3.57. The number of fused-ring (bicyclic) bond motifs is 3. The van der Waals surface area contributed by atoms with E-state index in [9.17, 15) is 0 Å². The van der Waals surface area contributed by atoms with Crippen LogP contribution in [0.25, 0.3) is 11.1 Å². The van der Waals surface area contributed by atoms with Crippen LogP contribution in [0.3, 0.4) is 0 Å². The van der Waals surface area contributed by atoms with Gasteiger partial charge in [0.05, 0.1) is 0 Å². The van der Waals surface area contributed by atoms with Crippen molar-refractivity contribution >= 4 is 0 Å². The normalized spacial score (nSPS) is 12.4. The topological polar surface area (TPSA) is 0 Å². The molecule has 0 heterocycles. The van der Waals surface area contributed by atoms with Gasteiger partial charge in [-0.25, -0.2) is 0 Å². The predicted molar refractivity (Wildman–Crippen MR) is 59.4 cm³/mol. The lowest BCUT2D eigenvalue weighted by Gasteiger charge is -2.00. The summed E-state index contributed by atoms with van der Waals surface area (Å²) in [4.78, 5) is 0. The van der Waals surface area contributed by atoms with Crippen molar-refractivity contribution in [2.75, 3.05) is 0 Å². The lowest BCUT2D eigenvalue weighted by Crippen LogP contribution is -1.80. The second kappa shape index (κ2) is 2.71. The van der Waals surface area contributed by atoms with Gasteiger partial charge < -0.3 is 0 Å². The molecule has 0 amide bonds. The fourth-order valence-corrected chi connectivity index (χ4v) is 2.27. The van der Waals surface area contributed by atoms with E-state index in [1.807, 2.05) is 0 Å². The van der Waals surface area contributed by atoms with Crippen molar-refractivity contribution in [1.82, 2.24) is 0 Å². The van der Waals surface area contributed by atoms with Gasteiger partial charge in [0.25, 0.3) is 0 Å². The van der Waals surface area contributed by atoms with Crippen LogP contribution in [0.5, 0.6) is 0 Å². The Bertz CT molecular complexity index is 495. The molecule has 0 radical (unpaired) electrons. The van der Waals surface area contributed by atoms with Crippen molar-refractivity contribution < 1.29 is 0 Å². The van der Waals surface area contributed by atoms with E-state index in [0.29, 0.717) is 0 Å². The maximum Gasteiger partial charge on any atom is -0.00134 e. The van der Waals surface area contributed by atoms with Gasteiger partial charge >= 0.3 is 0 Å². The fourth-order valence-electron chi connectivity index (χ4n) is 2.27. The van der Waals surface area contributed by atoms with E-state index >= 15 is 0 Å². The minimum absolute atomic E-state index is 1.10. The third-order valence-electron chi connectivity index (χ3n) is 2.95. The van der Waals surface area contributed by atoms with Gasteiger partial charge in [0.2, 0.25) is 0 Å². The summed E-state index contributed by atoms with van der Waals surface area (Å²) >= 11 is 0. The summed E-state index contributed by atoms with van der Waals surface area (Å²) in [5.74, 6) is 0. The first-order valence-corrected chi connectivity index (χ1v) is 5.02. The first-order chi connectivity index (χ1) is 6.84. The van der Waals surface area contributed by atoms with Crippen LogP contribution < -0.4 is 0 Å². The molecule has 0 atom stereocenters. The third-order valence-corrected chi connectivity index (χ3v) is 2.95. The van der Waals surface area contributed by atoms with Crippen LogP contribution in [0.2, 0.25) is 0 Å². The maximum absolute atomic E-state index is 2.30. The largest absolute Gasteiger partial charge is 0.0619 e. The SMILES string of the molecule is Cc1ccc2c(c1)Cc1ccccc1-2. The van der Waals surface area contributed by atoms with E-state index < -0.39 is 0 Å². The molecule has 0 heteroatoms. The molecule has 1 aliphatic rings. The molecule has 2 aromatic carbocycles. The van der Waals surface area contributed by atoms with Crippen LogP contribution in [-0.4, -0.2) is 0 Å². The zero-order valence-electron chi connectivity index (χ0n) is 8.25. The molecule has 0 nitrogen and oxygen atoms in total. The summed E-state index contributed by atoms with van der Waals surface area (Å²) in [5, 5.41) is 0. The monoisotopic (exact) mass is 180 g/mol. The molecule has 0 saturated heterocycles. The Morgan fingerprint density at radius 1 is 0.857 bits per heavy atom. The molecule has 0 N–H and O–H groups in total. The summed E-state index contributed by atoms with van der Waals surface area (Å²) in [7, 11) is 0. The second-order valence-electron chi connectivity index (χ2n) is 3.99. The van der Waals surface area contributed by atoms with E-state index in [1.54, 1.807) is 0 Å². The first kappa shape index (κ1) is 7.81. The van der Waals surface area contributed by atoms with Crippen molar-refractivity contribution in [2.45, 2.75) is 13.3 Å². The molecule has 0 bridgehead atoms. The molecular weight excluding hydrogens is 168 g/mol. The first-order valence-electron chi connectivity index (χ1n) is 5.02. The highest BCUT2D eigenvalue weighted by Crippen LogP contribution is 2.36. The van der Waals surface area contributed by atoms with E-state index in [4.69, 9.17) is 0 Å². The van der Waals surface area contributed by atoms with Crippen LogP contribution in [0.15, 0.2) is 42.5 Å². The summed E-state index contributed by atoms with van der Waals surface area (Å²) in [6, 6.07) is 15.4. The Balaban J connectivity index is 2.27. The highest BCUT2D eigenvalue weighted by molar-refractivity contribution is 5.76. The van der Waals surface area contributed by atoms with Crippen molar-refractivity contribution in [3.05, 3.63) is 59.2 Å². The van der Waals surface area contributed by atoms with Gasteiger partial charge in [-0.05, 0) is 35.6 Å². The number of aryl methyl sites for hydroxylation is 1. The smallest absolute Gasteiger partial charge is 0.00134 e. The molecule has 0 fully saturated rings. The van der Waals surface area contributed by atoms with Crippen LogP contribution in [0.4, 0.5) is 0 Å². The van der Waals surface area contributed by atoms with Crippen LogP contribution in [0, 0.1) is 6.92 Å². The molecule has 14 heavy (non-hydrogen) atoms. The number of hydrogen-bond acceptors (Lipinski definition) is 0. The molecule has 2 aromatic rings. The van der Waals surface area contributed by atoms with Crippen LogP contribution in [0.1, 0.15) is 16.7 Å². The van der Waals surface area contributed by atoms with Gasteiger partial charge in [0.15, 0.2) is 0 Å². The van der Waals surface area contributed by atoms with Gasteiger partial charge in [-0.1, -0.05) is 48.0 Å². The highest BCUT2D eigenvalue weighted by Gasteiger charge is 2.16. The molecule has 3 rings (SSSR count). The van der Waals surface area contributed by atoms with Gasteiger partial charge in [0, 0.05) is 0 Å². The molecule has 0 unspecified atom stereocenters. The van der Waals surface area contributed by atoms with E-state index in [1.165, 1.54) is 27.8 Å². The Labute approximate surface area is 84.2 Å². The average Bonchev–Trinajstić information content (AvgIpc) is 2.54. The van der Waals surface area contributed by atoms with Gasteiger partial charge in [0.1, 0.15) is 0 Å². The van der Waals surface area contributed by atoms with Crippen molar-refractivity contribution in [2.24, 2.45) is 0 Å². The van der Waals surface area contributed by atoms with Gasteiger partial charge in [-0.15, -0.1) is 0 Å². The molecule has 1 aliphatic carbocycles. The average molecular weight is 180 g/mol. The zero-order valence-corrected chi connectivity index (χ0v) is 8.25. The molecule has 0 aliphatic heterocycles. The summed E-state index contributed by atoms with van der Waals surface area (Å²) < 4.78 is 0. The lowest BCUT2D eigenvalue weighted by atomic mass is 10.0. The lowest BCUT2D eigenvalue weighted by molar-refractivity contribution is 1.25. The van der Waals surface area contributed by atoms with Crippen molar-refractivity contribution in [3.63, 3.8) is 0 Å². The number of benzene rings is 2. The Morgan fingerprint density at radius 2 is 1.64 bits per heavy atom. The summed E-state index contributed by atoms with van der Waals surface area (Å²) in [6.45, 7) is 2.16. The highest BCUT2D eigenvalue weighted by atomic mass is 14.2. The maximum atomic E-state index is 2.30. The molecule has 68 valence electrons. The Kier molecular flexibility index (Phi) is 1.51. The molecule has 0 saturated carbocycles. The minimum atomic E-state index is 1.10. The van der Waals surface area contributed by atoms with Gasteiger partial charge in [-0.3, -0.25) is 0 Å². The van der Waals surface area contributed by atoms with Crippen LogP contribution >= 0.6 is 0 Å². The fraction of sp³-hybridized carbons (Fsp3) is 0.143. The van der Waals surface area contributed by atoms with Crippen LogP contribution in [-0.2, 0) is 6.42 Å². The van der Waals surface area contributed by atoms with E-state index in [0.717, 1.165) is 6.42 Å². The Hall–Kier alpha value is -1.56. The molecule has 0 spiro atoms. The summed E-state index contributed by atoms with van der Waals surface area (Å²) in [6.07, 6.45) is 1.10. The van der Waals surface area contributed by atoms with Crippen molar-refractivity contribution in [3.8, 4) is 11.1 Å². The Morgan fingerprint density at radius 3 is 2.57 bits per heavy atom. The second-order valence-corrected chi connectivity index (χ2v) is 3.99. The molecular formula is C14H12. The van der Waals surface area contributed by atoms with E-state index in [-0.39, 0.29) is 0 Å². The number of rotatable bonds is 0. The van der Waals surface area contributed by atoms with E-state index in [2.05, 4.69) is 49.4 Å². The van der Waals surface area contributed by atoms with Crippen molar-refractivity contribution in [1.29, 1.82) is 0 Å². The zero-order chi connectivity index (χ0) is 9.54. The number of hydrogen-bond donors (Lipinski definition) is 0. The van der Waals surface area contributed by atoms with Gasteiger partial charge in [-0.2, -0.15) is 0 Å². The minimum Gasteiger partial charge on any atom is -0.0619 e. The summed E-state index contributed by atoms with van der Waals surface area (Å²) in [5.41, 5.74) is 7.14. The quantitative estimate of drug-likeness (QED) is 0.496.